The lowest BCUT2D eigenvalue weighted by Gasteiger charge is -2.33. The first-order chi connectivity index (χ1) is 17.4. The van der Waals surface area contributed by atoms with E-state index in [-0.39, 0.29) is 5.56 Å². The molecule has 1 aliphatic carbocycles. The van der Waals surface area contributed by atoms with Crippen LogP contribution in [0.1, 0.15) is 51.8 Å². The number of aryl methyl sites for hydroxylation is 2. The van der Waals surface area contributed by atoms with Crippen LogP contribution in [-0.4, -0.2) is 37.7 Å². The van der Waals surface area contributed by atoms with E-state index in [0.717, 1.165) is 45.9 Å². The molecule has 9 heteroatoms. The van der Waals surface area contributed by atoms with Gasteiger partial charge in [0, 0.05) is 18.5 Å². The lowest BCUT2D eigenvalue weighted by molar-refractivity contribution is 0.0607. The molecule has 8 nitrogen and oxygen atoms in total. The molecule has 0 fully saturated rings. The Morgan fingerprint density at radius 1 is 1.17 bits per heavy atom. The number of nitrogens with zero attached hydrogens (tertiary/aromatic N) is 3. The van der Waals surface area contributed by atoms with E-state index in [2.05, 4.69) is 15.3 Å². The standard InChI is InChI=1S/C27H26N4O4S/c1-3-35-19-8-10-28-23(14-19)31-24-12-16(2)11-21(30-24)22-15-29-26(36-22)27(34)9-4-5-17-13-18(25(32)33)6-7-20(17)27/h6-8,10-15,34H,3-5,9H2,1-2H3,(H,32,33)(H,28,30,31). The Morgan fingerprint density at radius 3 is 2.83 bits per heavy atom. The minimum absolute atomic E-state index is 0.225. The van der Waals surface area contributed by atoms with Gasteiger partial charge in [0.15, 0.2) is 0 Å². The summed E-state index contributed by atoms with van der Waals surface area (Å²) in [6.07, 6.45) is 5.41. The highest BCUT2D eigenvalue weighted by Crippen LogP contribution is 2.43. The maximum absolute atomic E-state index is 11.7. The molecule has 0 radical (unpaired) electrons. The Hall–Kier alpha value is -3.82. The van der Waals surface area contributed by atoms with Crippen molar-refractivity contribution in [3.8, 4) is 16.3 Å². The fourth-order valence-corrected chi connectivity index (χ4v) is 5.55. The van der Waals surface area contributed by atoms with Crippen molar-refractivity contribution < 1.29 is 19.7 Å². The SMILES string of the molecule is CCOc1ccnc(Nc2cc(C)cc(-c3cnc(C4(O)CCCc5cc(C(=O)O)ccc54)s3)n2)c1. The summed E-state index contributed by atoms with van der Waals surface area (Å²) in [5, 5.41) is 24.9. The van der Waals surface area contributed by atoms with E-state index in [1.807, 2.05) is 32.0 Å². The van der Waals surface area contributed by atoms with Gasteiger partial charge in [0.05, 0.1) is 22.7 Å². The Kier molecular flexibility index (Phi) is 6.42. The molecule has 4 aromatic rings. The van der Waals surface area contributed by atoms with E-state index in [1.165, 1.54) is 11.3 Å². The van der Waals surface area contributed by atoms with Crippen LogP contribution in [0.25, 0.3) is 10.6 Å². The fraction of sp³-hybridized carbons (Fsp3) is 0.259. The van der Waals surface area contributed by atoms with Gasteiger partial charge in [-0.25, -0.2) is 19.7 Å². The van der Waals surface area contributed by atoms with Crippen LogP contribution in [-0.2, 0) is 12.0 Å². The van der Waals surface area contributed by atoms with Gasteiger partial charge in [-0.3, -0.25) is 0 Å². The highest BCUT2D eigenvalue weighted by atomic mass is 32.1. The molecule has 1 aromatic carbocycles. The summed E-state index contributed by atoms with van der Waals surface area (Å²) in [4.78, 5) is 25.9. The number of carbonyl (C=O) groups is 1. The van der Waals surface area contributed by atoms with E-state index < -0.39 is 11.6 Å². The zero-order valence-electron chi connectivity index (χ0n) is 20.0. The number of hydrogen-bond donors (Lipinski definition) is 3. The minimum Gasteiger partial charge on any atom is -0.494 e. The number of aromatic carboxylic acids is 1. The molecular formula is C27H26N4O4S. The molecule has 1 atom stereocenters. The molecule has 0 saturated carbocycles. The average Bonchev–Trinajstić information content (AvgIpc) is 3.35. The lowest BCUT2D eigenvalue weighted by atomic mass is 9.79. The van der Waals surface area contributed by atoms with E-state index >= 15 is 0 Å². The van der Waals surface area contributed by atoms with Gasteiger partial charge in [0.1, 0.15) is 28.0 Å². The normalized spacial score (nSPS) is 16.9. The smallest absolute Gasteiger partial charge is 0.335 e. The van der Waals surface area contributed by atoms with Crippen molar-refractivity contribution in [1.82, 2.24) is 15.0 Å². The Bertz CT molecular complexity index is 1440. The van der Waals surface area contributed by atoms with Gasteiger partial charge in [-0.15, -0.1) is 11.3 Å². The number of pyridine rings is 2. The third kappa shape index (κ3) is 4.67. The van der Waals surface area contributed by atoms with Crippen molar-refractivity contribution in [2.24, 2.45) is 0 Å². The van der Waals surface area contributed by atoms with Gasteiger partial charge >= 0.3 is 5.97 Å². The molecule has 5 rings (SSSR count). The molecule has 3 N–H and O–H groups in total. The number of aromatic nitrogens is 3. The molecule has 1 aliphatic rings. The van der Waals surface area contributed by atoms with E-state index in [0.29, 0.717) is 29.7 Å². The van der Waals surface area contributed by atoms with Crippen LogP contribution >= 0.6 is 11.3 Å². The number of carboxylic acid groups (broad SMARTS) is 1. The zero-order chi connectivity index (χ0) is 25.3. The topological polar surface area (TPSA) is 117 Å². The molecule has 0 aliphatic heterocycles. The molecular weight excluding hydrogens is 476 g/mol. The molecule has 36 heavy (non-hydrogen) atoms. The summed E-state index contributed by atoms with van der Waals surface area (Å²) >= 11 is 1.39. The van der Waals surface area contributed by atoms with Crippen molar-refractivity contribution in [3.05, 3.63) is 82.1 Å². The molecule has 1 unspecified atom stereocenters. The first-order valence-corrected chi connectivity index (χ1v) is 12.6. The van der Waals surface area contributed by atoms with E-state index in [1.54, 1.807) is 36.7 Å². The van der Waals surface area contributed by atoms with Crippen LogP contribution in [0.15, 0.2) is 54.9 Å². The first-order valence-electron chi connectivity index (χ1n) is 11.8. The van der Waals surface area contributed by atoms with E-state index in [4.69, 9.17) is 9.72 Å². The summed E-state index contributed by atoms with van der Waals surface area (Å²) < 4.78 is 5.55. The largest absolute Gasteiger partial charge is 0.494 e. The van der Waals surface area contributed by atoms with Crippen molar-refractivity contribution in [3.63, 3.8) is 0 Å². The van der Waals surface area contributed by atoms with Crippen molar-refractivity contribution in [2.45, 2.75) is 38.7 Å². The van der Waals surface area contributed by atoms with Gasteiger partial charge in [-0.2, -0.15) is 0 Å². The van der Waals surface area contributed by atoms with Gasteiger partial charge < -0.3 is 20.3 Å². The van der Waals surface area contributed by atoms with Crippen LogP contribution in [0.4, 0.5) is 11.6 Å². The van der Waals surface area contributed by atoms with Crippen LogP contribution < -0.4 is 10.1 Å². The molecule has 3 aromatic heterocycles. The number of anilines is 2. The number of fused-ring (bicyclic) bond motifs is 1. The second kappa shape index (κ2) is 9.67. The first kappa shape index (κ1) is 23.9. The molecule has 0 bridgehead atoms. The number of nitrogens with one attached hydrogen (secondary N) is 1. The summed E-state index contributed by atoms with van der Waals surface area (Å²) in [5.41, 5.74) is 2.29. The number of carboxylic acids is 1. The van der Waals surface area contributed by atoms with E-state index in [9.17, 15) is 15.0 Å². The number of hydrogen-bond acceptors (Lipinski definition) is 8. The van der Waals surface area contributed by atoms with Gasteiger partial charge in [-0.05, 0) is 80.1 Å². The second-order valence-electron chi connectivity index (χ2n) is 8.77. The second-order valence-corrected chi connectivity index (χ2v) is 9.80. The Morgan fingerprint density at radius 2 is 2.03 bits per heavy atom. The lowest BCUT2D eigenvalue weighted by Crippen LogP contribution is -2.32. The summed E-state index contributed by atoms with van der Waals surface area (Å²) in [6.45, 7) is 4.50. The number of thiazole rings is 1. The minimum atomic E-state index is -1.26. The quantitative estimate of drug-likeness (QED) is 0.311. The van der Waals surface area contributed by atoms with Crippen molar-refractivity contribution >= 4 is 28.9 Å². The number of rotatable bonds is 7. The van der Waals surface area contributed by atoms with Gasteiger partial charge in [-0.1, -0.05) is 6.07 Å². The maximum Gasteiger partial charge on any atom is 0.335 e. The number of aliphatic hydroxyl groups is 1. The summed E-state index contributed by atoms with van der Waals surface area (Å²) in [6, 6.07) is 12.5. The number of benzene rings is 1. The monoisotopic (exact) mass is 502 g/mol. The van der Waals surface area contributed by atoms with Crippen molar-refractivity contribution in [1.29, 1.82) is 0 Å². The fourth-order valence-electron chi connectivity index (χ4n) is 4.54. The third-order valence-corrected chi connectivity index (χ3v) is 7.33. The van der Waals surface area contributed by atoms with Crippen LogP contribution in [0, 0.1) is 6.92 Å². The molecule has 0 saturated heterocycles. The maximum atomic E-state index is 11.7. The molecule has 0 amide bonds. The highest BCUT2D eigenvalue weighted by Gasteiger charge is 2.39. The third-order valence-electron chi connectivity index (χ3n) is 6.16. The Balaban J connectivity index is 1.45. The predicted molar refractivity (Wildman–Crippen MR) is 138 cm³/mol. The predicted octanol–water partition coefficient (Wildman–Crippen LogP) is 5.32. The van der Waals surface area contributed by atoms with Crippen molar-refractivity contribution in [2.75, 3.05) is 11.9 Å². The van der Waals surface area contributed by atoms with Gasteiger partial charge in [0.25, 0.3) is 0 Å². The zero-order valence-corrected chi connectivity index (χ0v) is 20.8. The van der Waals surface area contributed by atoms with Crippen LogP contribution in [0.5, 0.6) is 5.75 Å². The number of ether oxygens (including phenoxy) is 1. The Labute approximate surface area is 212 Å². The molecule has 184 valence electrons. The molecule has 3 heterocycles. The summed E-state index contributed by atoms with van der Waals surface area (Å²) in [5.74, 6) is 1.03. The van der Waals surface area contributed by atoms with Gasteiger partial charge in [0.2, 0.25) is 0 Å². The van der Waals surface area contributed by atoms with Crippen LogP contribution in [0.2, 0.25) is 0 Å². The average molecular weight is 503 g/mol. The molecule has 0 spiro atoms. The highest BCUT2D eigenvalue weighted by molar-refractivity contribution is 7.15. The summed E-state index contributed by atoms with van der Waals surface area (Å²) in [7, 11) is 0. The van der Waals surface area contributed by atoms with Crippen LogP contribution in [0.3, 0.4) is 0 Å².